The number of aromatic carboxylic acids is 1. The Labute approximate surface area is 215 Å². The molecule has 0 atom stereocenters. The van der Waals surface area contributed by atoms with Crippen molar-refractivity contribution in [3.8, 4) is 17.2 Å². The standard InChI is InChI=1S/C26H23BrN2O7/c1-34-17-9-11-22(35-2)16(12-17)14-21(29-24(30)18-6-4-5-7-19(18)27)25(31)28-20-13-15(26(32)33)8-10-23(20)36-3/h4-14H,1-3H3,(H,28,31)(H,29,30)(H,32,33). The lowest BCUT2D eigenvalue weighted by atomic mass is 10.1. The fourth-order valence-electron chi connectivity index (χ4n) is 3.23. The molecule has 3 rings (SSSR count). The number of anilines is 1. The van der Waals surface area contributed by atoms with Crippen LogP contribution >= 0.6 is 15.9 Å². The van der Waals surface area contributed by atoms with E-state index in [0.29, 0.717) is 27.1 Å². The Hall–Kier alpha value is -4.31. The fraction of sp³-hybridized carbons (Fsp3) is 0.115. The van der Waals surface area contributed by atoms with Gasteiger partial charge in [0.15, 0.2) is 0 Å². The van der Waals surface area contributed by atoms with Crippen LogP contribution in [-0.4, -0.2) is 44.2 Å². The van der Waals surface area contributed by atoms with Crippen LogP contribution in [0.15, 0.2) is 70.8 Å². The number of benzene rings is 3. The Balaban J connectivity index is 2.06. The maximum atomic E-state index is 13.4. The Morgan fingerprint density at radius 2 is 1.58 bits per heavy atom. The zero-order chi connectivity index (χ0) is 26.2. The highest BCUT2D eigenvalue weighted by Crippen LogP contribution is 2.28. The Morgan fingerprint density at radius 3 is 2.22 bits per heavy atom. The molecule has 186 valence electrons. The average molecular weight is 555 g/mol. The van der Waals surface area contributed by atoms with Crippen LogP contribution in [0, 0.1) is 0 Å². The zero-order valence-electron chi connectivity index (χ0n) is 19.6. The monoisotopic (exact) mass is 554 g/mol. The van der Waals surface area contributed by atoms with Crippen LogP contribution in [0.1, 0.15) is 26.3 Å². The molecule has 0 aliphatic rings. The van der Waals surface area contributed by atoms with Gasteiger partial charge in [0.05, 0.1) is 38.1 Å². The molecule has 0 unspecified atom stereocenters. The molecule has 36 heavy (non-hydrogen) atoms. The molecule has 0 spiro atoms. The molecule has 0 saturated heterocycles. The summed E-state index contributed by atoms with van der Waals surface area (Å²) < 4.78 is 16.5. The molecular formula is C26H23BrN2O7. The van der Waals surface area contributed by atoms with Crippen molar-refractivity contribution in [3.63, 3.8) is 0 Å². The number of halogens is 1. The van der Waals surface area contributed by atoms with Crippen LogP contribution < -0.4 is 24.8 Å². The van der Waals surface area contributed by atoms with Gasteiger partial charge in [0.2, 0.25) is 0 Å². The molecule has 2 amide bonds. The molecule has 0 bridgehead atoms. The summed E-state index contributed by atoms with van der Waals surface area (Å²) in [5.41, 5.74) is 0.689. The molecule has 3 N–H and O–H groups in total. The molecule has 0 fully saturated rings. The number of hydrogen-bond donors (Lipinski definition) is 3. The van der Waals surface area contributed by atoms with Crippen molar-refractivity contribution in [2.75, 3.05) is 26.6 Å². The van der Waals surface area contributed by atoms with E-state index in [-0.39, 0.29) is 22.7 Å². The fourth-order valence-corrected chi connectivity index (χ4v) is 3.69. The highest BCUT2D eigenvalue weighted by Gasteiger charge is 2.20. The van der Waals surface area contributed by atoms with Crippen LogP contribution in [-0.2, 0) is 4.79 Å². The molecule has 0 heterocycles. The number of carbonyl (C=O) groups excluding carboxylic acids is 2. The van der Waals surface area contributed by atoms with E-state index in [1.165, 1.54) is 45.6 Å². The van der Waals surface area contributed by atoms with Gasteiger partial charge in [-0.3, -0.25) is 9.59 Å². The third-order valence-corrected chi connectivity index (χ3v) is 5.73. The van der Waals surface area contributed by atoms with Crippen molar-refractivity contribution in [2.45, 2.75) is 0 Å². The van der Waals surface area contributed by atoms with Crippen molar-refractivity contribution in [1.82, 2.24) is 5.32 Å². The zero-order valence-corrected chi connectivity index (χ0v) is 21.2. The van der Waals surface area contributed by atoms with Crippen LogP contribution in [0.4, 0.5) is 5.69 Å². The number of ether oxygens (including phenoxy) is 3. The topological polar surface area (TPSA) is 123 Å². The molecule has 0 aromatic heterocycles. The second kappa shape index (κ2) is 11.9. The van der Waals surface area contributed by atoms with E-state index in [2.05, 4.69) is 26.6 Å². The number of carbonyl (C=O) groups is 3. The molecule has 0 radical (unpaired) electrons. The minimum absolute atomic E-state index is 0.0525. The molecule has 0 aliphatic heterocycles. The molecular weight excluding hydrogens is 532 g/mol. The van der Waals surface area contributed by atoms with Gasteiger partial charge in [-0.2, -0.15) is 0 Å². The van der Waals surface area contributed by atoms with E-state index in [1.807, 2.05) is 0 Å². The van der Waals surface area contributed by atoms with Crippen LogP contribution in [0.2, 0.25) is 0 Å². The first-order valence-corrected chi connectivity index (χ1v) is 11.3. The summed E-state index contributed by atoms with van der Waals surface area (Å²) in [4.78, 5) is 37.9. The second-order valence-corrected chi connectivity index (χ2v) is 8.13. The number of nitrogens with one attached hydrogen (secondary N) is 2. The molecule has 0 aliphatic carbocycles. The summed E-state index contributed by atoms with van der Waals surface area (Å²) in [6, 6.07) is 15.8. The number of carboxylic acid groups (broad SMARTS) is 1. The molecule has 9 nitrogen and oxygen atoms in total. The second-order valence-electron chi connectivity index (χ2n) is 7.27. The van der Waals surface area contributed by atoms with Gasteiger partial charge in [0, 0.05) is 10.0 Å². The maximum Gasteiger partial charge on any atom is 0.335 e. The van der Waals surface area contributed by atoms with Gasteiger partial charge in [0.25, 0.3) is 11.8 Å². The highest BCUT2D eigenvalue weighted by atomic mass is 79.9. The van der Waals surface area contributed by atoms with Crippen molar-refractivity contribution >= 4 is 45.5 Å². The van der Waals surface area contributed by atoms with E-state index in [0.717, 1.165) is 0 Å². The SMILES string of the molecule is COc1ccc(OC)c(C=C(NC(=O)c2ccccc2Br)C(=O)Nc2cc(C(=O)O)ccc2OC)c1. The number of hydrogen-bond acceptors (Lipinski definition) is 6. The van der Waals surface area contributed by atoms with Gasteiger partial charge in [0.1, 0.15) is 22.9 Å². The van der Waals surface area contributed by atoms with Crippen LogP contribution in [0.25, 0.3) is 6.08 Å². The number of carboxylic acids is 1. The number of rotatable bonds is 9. The number of methoxy groups -OCH3 is 3. The molecule has 3 aromatic rings. The van der Waals surface area contributed by atoms with Gasteiger partial charge in [-0.25, -0.2) is 4.79 Å². The predicted molar refractivity (Wildman–Crippen MR) is 138 cm³/mol. The van der Waals surface area contributed by atoms with E-state index in [9.17, 15) is 19.5 Å². The van der Waals surface area contributed by atoms with Crippen molar-refractivity contribution < 1.29 is 33.7 Å². The Kier molecular flexibility index (Phi) is 8.69. The van der Waals surface area contributed by atoms with Gasteiger partial charge in [-0.05, 0) is 70.5 Å². The summed E-state index contributed by atoms with van der Waals surface area (Å²) >= 11 is 3.34. The Morgan fingerprint density at radius 1 is 0.889 bits per heavy atom. The minimum atomic E-state index is -1.17. The summed E-state index contributed by atoms with van der Waals surface area (Å²) in [6.07, 6.45) is 1.43. The van der Waals surface area contributed by atoms with E-state index < -0.39 is 17.8 Å². The third-order valence-electron chi connectivity index (χ3n) is 5.04. The normalized spacial score (nSPS) is 10.8. The first kappa shape index (κ1) is 26.3. The highest BCUT2D eigenvalue weighted by molar-refractivity contribution is 9.10. The van der Waals surface area contributed by atoms with Gasteiger partial charge in [-0.1, -0.05) is 12.1 Å². The average Bonchev–Trinajstić information content (AvgIpc) is 2.88. The van der Waals surface area contributed by atoms with Crippen molar-refractivity contribution in [1.29, 1.82) is 0 Å². The summed E-state index contributed by atoms with van der Waals surface area (Å²) in [7, 11) is 4.36. The lowest BCUT2D eigenvalue weighted by Gasteiger charge is -2.15. The largest absolute Gasteiger partial charge is 0.497 e. The van der Waals surface area contributed by atoms with Crippen molar-refractivity contribution in [2.24, 2.45) is 0 Å². The first-order chi connectivity index (χ1) is 17.3. The van der Waals surface area contributed by atoms with Crippen LogP contribution in [0.5, 0.6) is 17.2 Å². The lowest BCUT2D eigenvalue weighted by Crippen LogP contribution is -2.31. The maximum absolute atomic E-state index is 13.4. The summed E-state index contributed by atoms with van der Waals surface area (Å²) in [5, 5.41) is 14.6. The lowest BCUT2D eigenvalue weighted by molar-refractivity contribution is -0.113. The van der Waals surface area contributed by atoms with E-state index in [4.69, 9.17) is 14.2 Å². The van der Waals surface area contributed by atoms with Crippen LogP contribution in [0.3, 0.4) is 0 Å². The molecule has 3 aromatic carbocycles. The minimum Gasteiger partial charge on any atom is -0.497 e. The van der Waals surface area contributed by atoms with Gasteiger partial charge in [-0.15, -0.1) is 0 Å². The first-order valence-electron chi connectivity index (χ1n) is 10.5. The third kappa shape index (κ3) is 6.22. The summed E-state index contributed by atoms with van der Waals surface area (Å²) in [5.74, 6) is -1.26. The molecule has 0 saturated carbocycles. The van der Waals surface area contributed by atoms with E-state index >= 15 is 0 Å². The van der Waals surface area contributed by atoms with Gasteiger partial charge >= 0.3 is 5.97 Å². The number of amides is 2. The smallest absolute Gasteiger partial charge is 0.335 e. The molecule has 10 heteroatoms. The predicted octanol–water partition coefficient (Wildman–Crippen LogP) is 4.58. The quantitative estimate of drug-likeness (QED) is 0.330. The summed E-state index contributed by atoms with van der Waals surface area (Å²) in [6.45, 7) is 0. The van der Waals surface area contributed by atoms with Gasteiger partial charge < -0.3 is 30.0 Å². The Bertz CT molecular complexity index is 1340. The van der Waals surface area contributed by atoms with E-state index in [1.54, 1.807) is 42.5 Å². The van der Waals surface area contributed by atoms with Crippen molar-refractivity contribution in [3.05, 3.63) is 87.5 Å².